The van der Waals surface area contributed by atoms with E-state index in [0.717, 1.165) is 0 Å². The summed E-state index contributed by atoms with van der Waals surface area (Å²) in [5.74, 6) is 0. The van der Waals surface area contributed by atoms with Crippen molar-refractivity contribution in [3.05, 3.63) is 0 Å². The van der Waals surface area contributed by atoms with Gasteiger partial charge in [0.1, 0.15) is 30.5 Å². The highest BCUT2D eigenvalue weighted by Gasteiger charge is 2.47. The van der Waals surface area contributed by atoms with Crippen LogP contribution in [0.3, 0.4) is 0 Å². The van der Waals surface area contributed by atoms with Crippen molar-refractivity contribution >= 4 is 0 Å². The van der Waals surface area contributed by atoms with E-state index in [1.165, 1.54) is 0 Å². The van der Waals surface area contributed by atoms with Crippen molar-refractivity contribution in [1.29, 1.82) is 0 Å². The number of rotatable bonds is 7. The molecule has 3 saturated heterocycles. The fraction of sp³-hybridized carbons (Fsp3) is 1.00. The number of aliphatic hydroxyl groups is 6. The van der Waals surface area contributed by atoms with Gasteiger partial charge in [0.15, 0.2) is 18.9 Å². The van der Waals surface area contributed by atoms with Gasteiger partial charge in [-0.2, -0.15) is 0 Å². The molecule has 0 aromatic rings. The molecule has 0 saturated carbocycles. The highest BCUT2D eigenvalue weighted by Crippen LogP contribution is 2.30. The lowest BCUT2D eigenvalue weighted by molar-refractivity contribution is -0.324. The smallest absolute Gasteiger partial charge is 0.176 e. The van der Waals surface area contributed by atoms with Crippen molar-refractivity contribution in [2.45, 2.75) is 92.6 Å². The monoisotopic (exact) mass is 469 g/mol. The zero-order chi connectivity index (χ0) is 23.6. The normalized spacial score (nSPS) is 50.3. The standard InChI is InChI=1S/C18H35N3O11/c19-6-1-8(10(3-22)28-16(6)27)29-17-7(20)2-9(11(4-23)31-17)30-18-13(21)15(26)14(25)12(5-24)32-18/h6-18,22-27H,1-5,19-21H2/t6?,7?,8-,9-,10?,11?,12?,13?,14+,15+,16+,17+,18+/m0/s1. The molecule has 3 heterocycles. The molecule has 0 amide bonds. The molecule has 0 radical (unpaired) electrons. The van der Waals surface area contributed by atoms with Gasteiger partial charge < -0.3 is 71.5 Å². The van der Waals surface area contributed by atoms with Gasteiger partial charge in [0, 0.05) is 0 Å². The zero-order valence-corrected chi connectivity index (χ0v) is 17.5. The Hall–Kier alpha value is -0.560. The molecule has 3 aliphatic rings. The Morgan fingerprint density at radius 3 is 1.75 bits per heavy atom. The Morgan fingerprint density at radius 2 is 1.16 bits per heavy atom. The first kappa shape index (κ1) is 26.1. The summed E-state index contributed by atoms with van der Waals surface area (Å²) in [6, 6.07) is -2.57. The van der Waals surface area contributed by atoms with Gasteiger partial charge in [-0.1, -0.05) is 0 Å². The van der Waals surface area contributed by atoms with Crippen LogP contribution >= 0.6 is 0 Å². The first-order valence-corrected chi connectivity index (χ1v) is 10.6. The number of nitrogens with two attached hydrogens (primary N) is 3. The molecule has 188 valence electrons. The fourth-order valence-electron chi connectivity index (χ4n) is 4.11. The van der Waals surface area contributed by atoms with Crippen LogP contribution in [0.4, 0.5) is 0 Å². The van der Waals surface area contributed by atoms with E-state index in [9.17, 15) is 30.6 Å². The van der Waals surface area contributed by atoms with Gasteiger partial charge in [-0.3, -0.25) is 0 Å². The largest absolute Gasteiger partial charge is 0.394 e. The van der Waals surface area contributed by atoms with E-state index < -0.39 is 99.5 Å². The van der Waals surface area contributed by atoms with Crippen molar-refractivity contribution in [2.75, 3.05) is 19.8 Å². The maximum absolute atomic E-state index is 10.1. The second-order valence-corrected chi connectivity index (χ2v) is 8.41. The predicted molar refractivity (Wildman–Crippen MR) is 104 cm³/mol. The fourth-order valence-corrected chi connectivity index (χ4v) is 4.11. The number of hydrogen-bond donors (Lipinski definition) is 9. The summed E-state index contributed by atoms with van der Waals surface area (Å²) >= 11 is 0. The summed E-state index contributed by atoms with van der Waals surface area (Å²) < 4.78 is 28.2. The molecule has 3 aliphatic heterocycles. The second kappa shape index (κ2) is 11.2. The Morgan fingerprint density at radius 1 is 0.656 bits per heavy atom. The molecule has 12 N–H and O–H groups in total. The van der Waals surface area contributed by atoms with E-state index in [-0.39, 0.29) is 12.8 Å². The van der Waals surface area contributed by atoms with Crippen molar-refractivity contribution < 1.29 is 54.3 Å². The molecule has 14 nitrogen and oxygen atoms in total. The van der Waals surface area contributed by atoms with Gasteiger partial charge in [0.25, 0.3) is 0 Å². The number of aliphatic hydroxyl groups excluding tert-OH is 6. The molecule has 32 heavy (non-hydrogen) atoms. The Balaban J connectivity index is 1.62. The Labute approximate surface area is 184 Å². The summed E-state index contributed by atoms with van der Waals surface area (Å²) in [5.41, 5.74) is 17.9. The molecule has 0 aromatic heterocycles. The first-order valence-electron chi connectivity index (χ1n) is 10.6. The Bertz CT molecular complexity index is 590. The lowest BCUT2D eigenvalue weighted by Gasteiger charge is -2.46. The maximum Gasteiger partial charge on any atom is 0.176 e. The predicted octanol–water partition coefficient (Wildman–Crippen LogP) is -5.62. The lowest BCUT2D eigenvalue weighted by atomic mass is 9.96. The van der Waals surface area contributed by atoms with E-state index in [2.05, 4.69) is 0 Å². The van der Waals surface area contributed by atoms with E-state index in [1.807, 2.05) is 0 Å². The summed E-state index contributed by atoms with van der Waals surface area (Å²) in [4.78, 5) is 0. The van der Waals surface area contributed by atoms with Gasteiger partial charge in [0.2, 0.25) is 0 Å². The molecular formula is C18H35N3O11. The number of hydrogen-bond acceptors (Lipinski definition) is 14. The van der Waals surface area contributed by atoms with Crippen LogP contribution in [0.25, 0.3) is 0 Å². The quantitative estimate of drug-likeness (QED) is 0.169. The summed E-state index contributed by atoms with van der Waals surface area (Å²) in [6.07, 6.45) is -10.2. The molecule has 6 unspecified atom stereocenters. The molecule has 0 spiro atoms. The minimum absolute atomic E-state index is 0.150. The van der Waals surface area contributed by atoms with Gasteiger partial charge in [-0.05, 0) is 12.8 Å². The van der Waals surface area contributed by atoms with Crippen LogP contribution in [0.2, 0.25) is 0 Å². The summed E-state index contributed by atoms with van der Waals surface area (Å²) in [5, 5.41) is 58.4. The van der Waals surface area contributed by atoms with Crippen molar-refractivity contribution in [3.63, 3.8) is 0 Å². The van der Waals surface area contributed by atoms with Crippen LogP contribution in [0.1, 0.15) is 12.8 Å². The van der Waals surface area contributed by atoms with E-state index in [0.29, 0.717) is 0 Å². The first-order chi connectivity index (χ1) is 15.2. The average molecular weight is 469 g/mol. The molecule has 0 bridgehead atoms. The topological polar surface area (TPSA) is 246 Å². The van der Waals surface area contributed by atoms with E-state index in [4.69, 9.17) is 40.9 Å². The van der Waals surface area contributed by atoms with Crippen molar-refractivity contribution in [2.24, 2.45) is 17.2 Å². The SMILES string of the molecule is NC1C[C@H](O[C@@H]2OC(CO)[C@@H](O)[C@H](O)C2N)C(CO)O[C@H]1O[C@H]1CC(N)[C@H](O)OC1CO. The summed E-state index contributed by atoms with van der Waals surface area (Å²) in [7, 11) is 0. The minimum atomic E-state index is -1.39. The van der Waals surface area contributed by atoms with Gasteiger partial charge in [0.05, 0.1) is 50.2 Å². The second-order valence-electron chi connectivity index (χ2n) is 8.41. The third kappa shape index (κ3) is 5.56. The molecule has 0 aromatic carbocycles. The molecular weight excluding hydrogens is 434 g/mol. The molecule has 14 heteroatoms. The Kier molecular flexibility index (Phi) is 9.15. The molecule has 0 aliphatic carbocycles. The highest BCUT2D eigenvalue weighted by molar-refractivity contribution is 4.94. The van der Waals surface area contributed by atoms with Crippen LogP contribution in [-0.2, 0) is 23.7 Å². The van der Waals surface area contributed by atoms with Crippen molar-refractivity contribution in [3.8, 4) is 0 Å². The van der Waals surface area contributed by atoms with Gasteiger partial charge in [-0.15, -0.1) is 0 Å². The van der Waals surface area contributed by atoms with Crippen LogP contribution < -0.4 is 17.2 Å². The number of ether oxygens (including phenoxy) is 5. The van der Waals surface area contributed by atoms with Crippen molar-refractivity contribution in [1.82, 2.24) is 0 Å². The van der Waals surface area contributed by atoms with Crippen LogP contribution in [0.15, 0.2) is 0 Å². The summed E-state index contributed by atoms with van der Waals surface area (Å²) in [6.45, 7) is -1.43. The van der Waals surface area contributed by atoms with Crippen LogP contribution in [0, 0.1) is 0 Å². The maximum atomic E-state index is 10.1. The lowest BCUT2D eigenvalue weighted by Crippen LogP contribution is -2.64. The molecule has 3 rings (SSSR count). The highest BCUT2D eigenvalue weighted by atomic mass is 16.7. The molecule has 13 atom stereocenters. The van der Waals surface area contributed by atoms with E-state index >= 15 is 0 Å². The molecule has 3 fully saturated rings. The van der Waals surface area contributed by atoms with Crippen LogP contribution in [0.5, 0.6) is 0 Å². The third-order valence-electron chi connectivity index (χ3n) is 6.08. The third-order valence-corrected chi connectivity index (χ3v) is 6.08. The zero-order valence-electron chi connectivity index (χ0n) is 17.5. The average Bonchev–Trinajstić information content (AvgIpc) is 2.77. The van der Waals surface area contributed by atoms with Gasteiger partial charge >= 0.3 is 0 Å². The van der Waals surface area contributed by atoms with E-state index in [1.54, 1.807) is 0 Å². The van der Waals surface area contributed by atoms with Gasteiger partial charge in [-0.25, -0.2) is 0 Å². The van der Waals surface area contributed by atoms with Crippen LogP contribution in [-0.4, -0.2) is 130 Å². The minimum Gasteiger partial charge on any atom is -0.394 e.